The van der Waals surface area contributed by atoms with Crippen molar-refractivity contribution in [3.63, 3.8) is 0 Å². The van der Waals surface area contributed by atoms with Gasteiger partial charge in [-0.15, -0.1) is 0 Å². The molecule has 0 spiro atoms. The van der Waals surface area contributed by atoms with E-state index in [2.05, 4.69) is 0 Å². The Morgan fingerprint density at radius 3 is 2.05 bits per heavy atom. The minimum absolute atomic E-state index is 0.539. The van der Waals surface area contributed by atoms with Gasteiger partial charge in [-0.05, 0) is 43.9 Å². The van der Waals surface area contributed by atoms with Gasteiger partial charge in [0.1, 0.15) is 10.7 Å². The van der Waals surface area contributed by atoms with E-state index in [-0.39, 0.29) is 0 Å². The zero-order chi connectivity index (χ0) is 14.2. The van der Waals surface area contributed by atoms with Crippen LogP contribution < -0.4 is 0 Å². The van der Waals surface area contributed by atoms with Crippen LogP contribution >= 0.6 is 0 Å². The van der Waals surface area contributed by atoms with E-state index >= 15 is 0 Å². The number of hydrogen-bond acceptors (Lipinski definition) is 3. The lowest BCUT2D eigenvalue weighted by Gasteiger charge is -2.27. The normalized spacial score (nSPS) is 29.2. The van der Waals surface area contributed by atoms with E-state index in [1.165, 1.54) is 0 Å². The molecule has 5 heteroatoms. The van der Waals surface area contributed by atoms with Gasteiger partial charge in [-0.3, -0.25) is 8.42 Å². The highest BCUT2D eigenvalue weighted by Crippen LogP contribution is 2.31. The van der Waals surface area contributed by atoms with Crippen molar-refractivity contribution in [2.75, 3.05) is 11.5 Å². The van der Waals surface area contributed by atoms with Crippen LogP contribution in [0.4, 0.5) is 0 Å². The number of aliphatic hydroxyl groups is 1. The summed E-state index contributed by atoms with van der Waals surface area (Å²) in [6, 6.07) is 4.00. The van der Waals surface area contributed by atoms with Gasteiger partial charge in [-0.2, -0.15) is 0 Å². The molecule has 1 heterocycles. The lowest BCUT2D eigenvalue weighted by atomic mass is 9.96. The van der Waals surface area contributed by atoms with E-state index in [0.717, 1.165) is 22.3 Å². The number of benzene rings is 1. The van der Waals surface area contributed by atoms with Gasteiger partial charge in [-0.25, -0.2) is 0 Å². The van der Waals surface area contributed by atoms with Crippen molar-refractivity contribution in [2.24, 2.45) is 0 Å². The minimum atomic E-state index is -1.21. The SMILES string of the molecule is Cc1cc(C)c([C@H](O)C2S(=O)CCCS2=O)c(C)c1. The second-order valence-corrected chi connectivity index (χ2v) is 8.80. The Bertz CT molecular complexity index is 500. The fourth-order valence-corrected chi connectivity index (χ4v) is 6.66. The van der Waals surface area contributed by atoms with E-state index in [1.54, 1.807) is 0 Å². The first-order valence-electron chi connectivity index (χ1n) is 6.42. The molecule has 0 amide bonds. The van der Waals surface area contributed by atoms with E-state index in [9.17, 15) is 13.5 Å². The van der Waals surface area contributed by atoms with Crippen LogP contribution in [0.25, 0.3) is 0 Å². The molecule has 1 aliphatic heterocycles. The zero-order valence-corrected chi connectivity index (χ0v) is 13.1. The first-order chi connectivity index (χ1) is 8.91. The molecular formula is C14H20O3S2. The molecular weight excluding hydrogens is 280 g/mol. The molecule has 0 bridgehead atoms. The molecule has 19 heavy (non-hydrogen) atoms. The van der Waals surface area contributed by atoms with Gasteiger partial charge in [0.05, 0.1) is 0 Å². The molecule has 1 aromatic carbocycles. The maximum atomic E-state index is 12.1. The van der Waals surface area contributed by atoms with Crippen molar-refractivity contribution in [1.82, 2.24) is 0 Å². The van der Waals surface area contributed by atoms with E-state index in [1.807, 2.05) is 32.9 Å². The maximum absolute atomic E-state index is 12.1. The summed E-state index contributed by atoms with van der Waals surface area (Å²) < 4.78 is 23.5. The number of aliphatic hydroxyl groups excluding tert-OH is 1. The van der Waals surface area contributed by atoms with E-state index in [4.69, 9.17) is 0 Å². The van der Waals surface area contributed by atoms with Crippen LogP contribution in [0.15, 0.2) is 12.1 Å². The molecule has 3 nitrogen and oxygen atoms in total. The van der Waals surface area contributed by atoms with Gasteiger partial charge in [0, 0.05) is 33.1 Å². The second kappa shape index (κ2) is 5.85. The van der Waals surface area contributed by atoms with Crippen LogP contribution in [-0.2, 0) is 21.6 Å². The van der Waals surface area contributed by atoms with Crippen LogP contribution in [-0.4, -0.2) is 29.6 Å². The highest BCUT2D eigenvalue weighted by molar-refractivity contribution is 8.03. The Labute approximate surface area is 119 Å². The highest BCUT2D eigenvalue weighted by Gasteiger charge is 2.36. The quantitative estimate of drug-likeness (QED) is 0.907. The summed E-state index contributed by atoms with van der Waals surface area (Å²) in [5, 5.41) is 10.6. The monoisotopic (exact) mass is 300 g/mol. The molecule has 0 saturated carbocycles. The largest absolute Gasteiger partial charge is 0.386 e. The topological polar surface area (TPSA) is 54.4 Å². The first-order valence-corrected chi connectivity index (χ1v) is 9.18. The molecule has 1 saturated heterocycles. The van der Waals surface area contributed by atoms with Crippen molar-refractivity contribution in [2.45, 2.75) is 37.9 Å². The third-order valence-corrected chi connectivity index (χ3v) is 7.72. The molecule has 1 N–H and O–H groups in total. The van der Waals surface area contributed by atoms with Crippen molar-refractivity contribution in [3.8, 4) is 0 Å². The predicted octanol–water partition coefficient (Wildman–Crippen LogP) is 1.87. The van der Waals surface area contributed by atoms with Crippen molar-refractivity contribution in [3.05, 3.63) is 34.4 Å². The molecule has 1 fully saturated rings. The summed E-state index contributed by atoms with van der Waals surface area (Å²) in [5.41, 5.74) is 3.88. The van der Waals surface area contributed by atoms with Crippen molar-refractivity contribution < 1.29 is 13.5 Å². The maximum Gasteiger partial charge on any atom is 0.140 e. The fourth-order valence-electron chi connectivity index (χ4n) is 2.78. The summed E-state index contributed by atoms with van der Waals surface area (Å²) in [6.07, 6.45) is -0.184. The Kier molecular flexibility index (Phi) is 4.58. The van der Waals surface area contributed by atoms with Crippen molar-refractivity contribution >= 4 is 21.6 Å². The molecule has 106 valence electrons. The van der Waals surface area contributed by atoms with Crippen LogP contribution in [0, 0.1) is 20.8 Å². The van der Waals surface area contributed by atoms with Gasteiger partial charge >= 0.3 is 0 Å². The predicted molar refractivity (Wildman–Crippen MR) is 80.0 cm³/mol. The van der Waals surface area contributed by atoms with E-state index in [0.29, 0.717) is 17.9 Å². The van der Waals surface area contributed by atoms with Gasteiger partial charge in [0.15, 0.2) is 0 Å². The molecule has 2 unspecified atom stereocenters. The summed E-state index contributed by atoms with van der Waals surface area (Å²) in [7, 11) is -2.42. The molecule has 3 atom stereocenters. The Morgan fingerprint density at radius 2 is 1.58 bits per heavy atom. The van der Waals surface area contributed by atoms with E-state index < -0.39 is 32.3 Å². The number of aryl methyl sites for hydroxylation is 3. The minimum Gasteiger partial charge on any atom is -0.386 e. The summed E-state index contributed by atoms with van der Waals surface area (Å²) >= 11 is 0. The van der Waals surface area contributed by atoms with Crippen LogP contribution in [0.5, 0.6) is 0 Å². The second-order valence-electron chi connectivity index (χ2n) is 5.15. The standard InChI is InChI=1S/C14H20O3S2/c1-9-7-10(2)12(11(3)8-9)13(15)14-18(16)5-4-6-19(14)17/h7-8,13-15H,4-6H2,1-3H3/t13-,14?,18?,19?/m0/s1. The van der Waals surface area contributed by atoms with Crippen LogP contribution in [0.1, 0.15) is 34.8 Å². The molecule has 1 aliphatic rings. The average Bonchev–Trinajstić information content (AvgIpc) is 2.26. The molecule has 0 radical (unpaired) electrons. The lowest BCUT2D eigenvalue weighted by molar-refractivity contribution is 0.191. The average molecular weight is 300 g/mol. The molecule has 0 aliphatic carbocycles. The summed E-state index contributed by atoms with van der Waals surface area (Å²) in [5.74, 6) is 1.08. The van der Waals surface area contributed by atoms with Gasteiger partial charge in [0.2, 0.25) is 0 Å². The highest BCUT2D eigenvalue weighted by atomic mass is 32.2. The molecule has 0 aromatic heterocycles. The summed E-state index contributed by atoms with van der Waals surface area (Å²) in [6.45, 7) is 5.88. The lowest BCUT2D eigenvalue weighted by Crippen LogP contribution is -2.36. The molecule has 2 rings (SSSR count). The van der Waals surface area contributed by atoms with Gasteiger partial charge in [0.25, 0.3) is 0 Å². The Hall–Kier alpha value is -0.520. The smallest absolute Gasteiger partial charge is 0.140 e. The van der Waals surface area contributed by atoms with Crippen LogP contribution in [0.2, 0.25) is 0 Å². The number of rotatable bonds is 2. The Morgan fingerprint density at radius 1 is 1.11 bits per heavy atom. The summed E-state index contributed by atoms with van der Waals surface area (Å²) in [4.78, 5) is 0. The fraction of sp³-hybridized carbons (Fsp3) is 0.571. The number of hydrogen-bond donors (Lipinski definition) is 1. The molecule has 1 aromatic rings. The zero-order valence-electron chi connectivity index (χ0n) is 11.5. The third-order valence-electron chi connectivity index (χ3n) is 3.50. The van der Waals surface area contributed by atoms with Gasteiger partial charge in [-0.1, -0.05) is 17.7 Å². The van der Waals surface area contributed by atoms with Gasteiger partial charge < -0.3 is 5.11 Å². The third kappa shape index (κ3) is 2.98. The van der Waals surface area contributed by atoms with Crippen molar-refractivity contribution in [1.29, 1.82) is 0 Å². The first kappa shape index (κ1) is 14.9. The van der Waals surface area contributed by atoms with Crippen LogP contribution in [0.3, 0.4) is 0 Å². The Balaban J connectivity index is 2.41.